The van der Waals surface area contributed by atoms with Crippen molar-refractivity contribution in [3.8, 4) is 0 Å². The molecule has 0 saturated heterocycles. The van der Waals surface area contributed by atoms with Gasteiger partial charge >= 0.3 is 6.18 Å². The summed E-state index contributed by atoms with van der Waals surface area (Å²) in [6.07, 6.45) is -1.82. The minimum Gasteiger partial charge on any atom is -0.356 e. The Labute approximate surface area is 97.5 Å². The highest BCUT2D eigenvalue weighted by atomic mass is 32.2. The van der Waals surface area contributed by atoms with Gasteiger partial charge in [0.1, 0.15) is 10.9 Å². The lowest BCUT2D eigenvalue weighted by molar-refractivity contribution is -0.147. The van der Waals surface area contributed by atoms with Crippen LogP contribution in [-0.4, -0.2) is 25.2 Å². The van der Waals surface area contributed by atoms with Gasteiger partial charge in [-0.25, -0.2) is 8.42 Å². The summed E-state index contributed by atoms with van der Waals surface area (Å²) < 4.78 is 63.3. The van der Waals surface area contributed by atoms with Crippen LogP contribution < -0.4 is 4.72 Å². The van der Waals surface area contributed by atoms with Gasteiger partial charge in [-0.05, 0) is 19.4 Å². The molecule has 0 aromatic carbocycles. The lowest BCUT2D eigenvalue weighted by Crippen LogP contribution is -2.43. The maximum atomic E-state index is 12.3. The third-order valence-corrected chi connectivity index (χ3v) is 3.89. The van der Waals surface area contributed by atoms with E-state index in [-0.39, 0.29) is 4.90 Å². The second kappa shape index (κ2) is 4.34. The number of rotatable bonds is 3. The van der Waals surface area contributed by atoms with Gasteiger partial charge in [-0.1, -0.05) is 0 Å². The van der Waals surface area contributed by atoms with Gasteiger partial charge in [-0.3, -0.25) is 0 Å². The summed E-state index contributed by atoms with van der Waals surface area (Å²) in [5, 5.41) is 0. The van der Waals surface area contributed by atoms with Crippen LogP contribution in [0.5, 0.6) is 0 Å². The van der Waals surface area contributed by atoms with E-state index in [1.54, 1.807) is 11.8 Å². The first kappa shape index (κ1) is 14.0. The first-order valence-electron chi connectivity index (χ1n) is 4.75. The molecule has 1 heterocycles. The molecule has 0 bridgehead atoms. The molecule has 1 aromatic rings. The van der Waals surface area contributed by atoms with Gasteiger partial charge in [0.25, 0.3) is 0 Å². The number of hydrogen-bond acceptors (Lipinski definition) is 2. The van der Waals surface area contributed by atoms with Crippen LogP contribution in [0.2, 0.25) is 0 Å². The van der Waals surface area contributed by atoms with Crippen LogP contribution in [0.1, 0.15) is 12.5 Å². The third-order valence-electron chi connectivity index (χ3n) is 2.22. The average molecular weight is 270 g/mol. The van der Waals surface area contributed by atoms with E-state index in [1.807, 2.05) is 0 Å². The van der Waals surface area contributed by atoms with E-state index in [1.165, 1.54) is 23.9 Å². The summed E-state index contributed by atoms with van der Waals surface area (Å²) in [5.74, 6) is 0. The van der Waals surface area contributed by atoms with Crippen LogP contribution in [0.3, 0.4) is 0 Å². The number of halogens is 3. The molecule has 98 valence electrons. The van der Waals surface area contributed by atoms with Crippen molar-refractivity contribution < 1.29 is 21.6 Å². The summed E-state index contributed by atoms with van der Waals surface area (Å²) in [4.78, 5) is -0.143. The van der Waals surface area contributed by atoms with E-state index in [2.05, 4.69) is 0 Å². The largest absolute Gasteiger partial charge is 0.404 e. The van der Waals surface area contributed by atoms with E-state index < -0.39 is 22.2 Å². The molecule has 8 heteroatoms. The standard InChI is InChI=1S/C9H13F3N2O2S/c1-6-4-14(3)5-8(6)17(15,16)13-7(2)9(10,11)12/h4-5,7,13H,1-3H3. The molecule has 0 radical (unpaired) electrons. The van der Waals surface area contributed by atoms with E-state index in [9.17, 15) is 21.6 Å². The Hall–Kier alpha value is -1.02. The molecule has 4 nitrogen and oxygen atoms in total. The second-order valence-corrected chi connectivity index (χ2v) is 5.54. The van der Waals surface area contributed by atoms with Gasteiger partial charge in [0.15, 0.2) is 0 Å². The van der Waals surface area contributed by atoms with Crippen LogP contribution in [0, 0.1) is 6.92 Å². The lowest BCUT2D eigenvalue weighted by Gasteiger charge is -2.17. The van der Waals surface area contributed by atoms with Crippen molar-refractivity contribution in [1.82, 2.24) is 9.29 Å². The highest BCUT2D eigenvalue weighted by Gasteiger charge is 2.39. The molecule has 0 amide bonds. The van der Waals surface area contributed by atoms with Gasteiger partial charge in [-0.2, -0.15) is 17.9 Å². The van der Waals surface area contributed by atoms with Gasteiger partial charge < -0.3 is 4.57 Å². The third kappa shape index (κ3) is 3.22. The van der Waals surface area contributed by atoms with Crippen LogP contribution in [0.15, 0.2) is 17.3 Å². The van der Waals surface area contributed by atoms with Gasteiger partial charge in [-0.15, -0.1) is 0 Å². The van der Waals surface area contributed by atoms with E-state index in [4.69, 9.17) is 0 Å². The number of hydrogen-bond donors (Lipinski definition) is 1. The van der Waals surface area contributed by atoms with Crippen molar-refractivity contribution in [2.24, 2.45) is 7.05 Å². The van der Waals surface area contributed by atoms with E-state index >= 15 is 0 Å². The Morgan fingerprint density at radius 3 is 2.24 bits per heavy atom. The molecule has 0 aliphatic carbocycles. The fraction of sp³-hybridized carbons (Fsp3) is 0.556. The molecule has 1 N–H and O–H groups in total. The van der Waals surface area contributed by atoms with Crippen molar-refractivity contribution >= 4 is 10.0 Å². The minimum atomic E-state index is -4.60. The molecular formula is C9H13F3N2O2S. The monoisotopic (exact) mass is 270 g/mol. The maximum absolute atomic E-state index is 12.3. The summed E-state index contributed by atoms with van der Waals surface area (Å²) in [5.41, 5.74) is 0.398. The smallest absolute Gasteiger partial charge is 0.356 e. The van der Waals surface area contributed by atoms with Crippen molar-refractivity contribution in [3.05, 3.63) is 18.0 Å². The molecule has 1 unspecified atom stereocenters. The molecule has 17 heavy (non-hydrogen) atoms. The molecule has 1 aromatic heterocycles. The minimum absolute atomic E-state index is 0.143. The SMILES string of the molecule is Cc1cn(C)cc1S(=O)(=O)NC(C)C(F)(F)F. The first-order valence-corrected chi connectivity index (χ1v) is 6.24. The number of sulfonamides is 1. The van der Waals surface area contributed by atoms with Crippen molar-refractivity contribution in [1.29, 1.82) is 0 Å². The first-order chi connectivity index (χ1) is 7.54. The molecule has 0 aliphatic heterocycles. The van der Waals surface area contributed by atoms with Crippen molar-refractivity contribution in [2.45, 2.75) is 31.0 Å². The highest BCUT2D eigenvalue weighted by Crippen LogP contribution is 2.22. The number of nitrogens with zero attached hydrogens (tertiary/aromatic N) is 1. The van der Waals surface area contributed by atoms with Gasteiger partial charge in [0.05, 0.1) is 0 Å². The fourth-order valence-electron chi connectivity index (χ4n) is 1.34. The summed E-state index contributed by atoms with van der Waals surface area (Å²) >= 11 is 0. The van der Waals surface area contributed by atoms with Crippen LogP contribution in [0.4, 0.5) is 13.2 Å². The Morgan fingerprint density at radius 2 is 1.88 bits per heavy atom. The number of nitrogens with one attached hydrogen (secondary N) is 1. The quantitative estimate of drug-likeness (QED) is 0.906. The van der Waals surface area contributed by atoms with Crippen LogP contribution in [0.25, 0.3) is 0 Å². The van der Waals surface area contributed by atoms with Crippen molar-refractivity contribution in [3.63, 3.8) is 0 Å². The highest BCUT2D eigenvalue weighted by molar-refractivity contribution is 7.89. The lowest BCUT2D eigenvalue weighted by atomic mass is 10.4. The Bertz CT molecular complexity index is 505. The average Bonchev–Trinajstić information content (AvgIpc) is 2.43. The van der Waals surface area contributed by atoms with Gasteiger partial charge in [0.2, 0.25) is 10.0 Å². The van der Waals surface area contributed by atoms with E-state index in [0.717, 1.165) is 6.92 Å². The molecule has 0 spiro atoms. The topological polar surface area (TPSA) is 51.1 Å². The molecular weight excluding hydrogens is 257 g/mol. The Kier molecular flexibility index (Phi) is 3.58. The zero-order valence-corrected chi connectivity index (χ0v) is 10.4. The summed E-state index contributed by atoms with van der Waals surface area (Å²) in [6, 6.07) is -2.12. The zero-order chi connectivity index (χ0) is 13.4. The maximum Gasteiger partial charge on any atom is 0.404 e. The van der Waals surface area contributed by atoms with E-state index in [0.29, 0.717) is 5.56 Å². The molecule has 1 atom stereocenters. The number of aryl methyl sites for hydroxylation is 2. The Morgan fingerprint density at radius 1 is 1.35 bits per heavy atom. The molecule has 0 aliphatic rings. The fourth-order valence-corrected chi connectivity index (χ4v) is 2.85. The van der Waals surface area contributed by atoms with Crippen LogP contribution >= 0.6 is 0 Å². The molecule has 1 rings (SSSR count). The number of aromatic nitrogens is 1. The molecule has 0 fully saturated rings. The number of alkyl halides is 3. The normalized spacial score (nSPS) is 14.9. The zero-order valence-electron chi connectivity index (χ0n) is 9.54. The predicted molar refractivity (Wildman–Crippen MR) is 56.0 cm³/mol. The van der Waals surface area contributed by atoms with Crippen LogP contribution in [-0.2, 0) is 17.1 Å². The Balaban J connectivity index is 3.02. The van der Waals surface area contributed by atoms with Gasteiger partial charge in [0, 0.05) is 19.4 Å². The summed E-state index contributed by atoms with van der Waals surface area (Å²) in [6.45, 7) is 2.28. The second-order valence-electron chi connectivity index (χ2n) is 3.86. The summed E-state index contributed by atoms with van der Waals surface area (Å²) in [7, 11) is -2.55. The van der Waals surface area contributed by atoms with Crippen molar-refractivity contribution in [2.75, 3.05) is 0 Å². The predicted octanol–water partition coefficient (Wildman–Crippen LogP) is 1.56. The molecule has 0 saturated carbocycles.